The van der Waals surface area contributed by atoms with Crippen molar-refractivity contribution in [1.82, 2.24) is 15.5 Å². The molecule has 20 heavy (non-hydrogen) atoms. The van der Waals surface area contributed by atoms with Crippen LogP contribution in [0.3, 0.4) is 0 Å². The van der Waals surface area contributed by atoms with Gasteiger partial charge in [0, 0.05) is 16.6 Å². The van der Waals surface area contributed by atoms with Crippen LogP contribution in [0.25, 0.3) is 11.4 Å². The molecule has 4 nitrogen and oxygen atoms in total. The van der Waals surface area contributed by atoms with Gasteiger partial charge in [0.15, 0.2) is 0 Å². The fraction of sp³-hybridized carbons (Fsp3) is 0.467. The minimum atomic E-state index is 0.314. The van der Waals surface area contributed by atoms with Gasteiger partial charge >= 0.3 is 0 Å². The van der Waals surface area contributed by atoms with E-state index in [0.717, 1.165) is 24.3 Å². The summed E-state index contributed by atoms with van der Waals surface area (Å²) < 4.78 is 5.49. The van der Waals surface area contributed by atoms with E-state index in [-0.39, 0.29) is 0 Å². The lowest BCUT2D eigenvalue weighted by atomic mass is 9.84. The summed E-state index contributed by atoms with van der Waals surface area (Å²) in [5.74, 6) is 1.66. The van der Waals surface area contributed by atoms with Gasteiger partial charge in [-0.25, -0.2) is 0 Å². The Morgan fingerprint density at radius 3 is 2.95 bits per heavy atom. The molecule has 1 aromatic carbocycles. The molecule has 1 saturated carbocycles. The van der Waals surface area contributed by atoms with E-state index in [4.69, 9.17) is 16.1 Å². The standard InChI is InChI=1S/C15H18ClN3O/c1-17-13-8-3-2-7-12(13)15-18-14(19-20-15)10-5-4-6-11(16)9-10/h4-6,9,12-13,17H,2-3,7-8H2,1H3. The minimum absolute atomic E-state index is 0.314. The Balaban J connectivity index is 1.86. The highest BCUT2D eigenvalue weighted by atomic mass is 35.5. The molecule has 1 fully saturated rings. The minimum Gasteiger partial charge on any atom is -0.339 e. The van der Waals surface area contributed by atoms with Crippen LogP contribution in [0.5, 0.6) is 0 Å². The second kappa shape index (κ2) is 5.94. The molecule has 2 unspecified atom stereocenters. The summed E-state index contributed by atoms with van der Waals surface area (Å²) >= 11 is 6.00. The van der Waals surface area contributed by atoms with Crippen molar-refractivity contribution < 1.29 is 4.52 Å². The van der Waals surface area contributed by atoms with E-state index in [1.807, 2.05) is 31.3 Å². The van der Waals surface area contributed by atoms with Crippen molar-refractivity contribution in [1.29, 1.82) is 0 Å². The molecule has 0 amide bonds. The third-order valence-corrected chi connectivity index (χ3v) is 4.21. The number of likely N-dealkylation sites (N-methyl/N-ethyl adjacent to an activating group) is 1. The van der Waals surface area contributed by atoms with Gasteiger partial charge < -0.3 is 9.84 Å². The van der Waals surface area contributed by atoms with Crippen LogP contribution in [-0.4, -0.2) is 23.2 Å². The number of nitrogens with zero attached hydrogens (tertiary/aromatic N) is 2. The molecule has 0 saturated heterocycles. The molecular formula is C15H18ClN3O. The maximum absolute atomic E-state index is 6.00. The molecule has 1 aliphatic rings. The zero-order valence-corrected chi connectivity index (χ0v) is 12.2. The van der Waals surface area contributed by atoms with Crippen LogP contribution in [0, 0.1) is 0 Å². The number of benzene rings is 1. The summed E-state index contributed by atoms with van der Waals surface area (Å²) in [5, 5.41) is 8.14. The van der Waals surface area contributed by atoms with Gasteiger partial charge in [0.1, 0.15) is 0 Å². The first-order chi connectivity index (χ1) is 9.78. The first kappa shape index (κ1) is 13.6. The molecule has 0 spiro atoms. The molecule has 5 heteroatoms. The Morgan fingerprint density at radius 2 is 2.15 bits per heavy atom. The Morgan fingerprint density at radius 1 is 1.30 bits per heavy atom. The van der Waals surface area contributed by atoms with Crippen molar-refractivity contribution in [3.8, 4) is 11.4 Å². The van der Waals surface area contributed by atoms with Gasteiger partial charge in [-0.2, -0.15) is 4.98 Å². The molecule has 0 aliphatic heterocycles. The molecule has 0 radical (unpaired) electrons. The van der Waals surface area contributed by atoms with E-state index in [9.17, 15) is 0 Å². The summed E-state index contributed by atoms with van der Waals surface area (Å²) in [6.07, 6.45) is 4.74. The third-order valence-electron chi connectivity index (χ3n) is 3.98. The molecule has 3 rings (SSSR count). The van der Waals surface area contributed by atoms with Crippen LogP contribution in [0.1, 0.15) is 37.5 Å². The molecule has 2 atom stereocenters. The van der Waals surface area contributed by atoms with Crippen LogP contribution in [0.15, 0.2) is 28.8 Å². The zero-order valence-electron chi connectivity index (χ0n) is 11.5. The number of halogens is 1. The zero-order chi connectivity index (χ0) is 13.9. The molecule has 0 bridgehead atoms. The summed E-state index contributed by atoms with van der Waals surface area (Å²) in [7, 11) is 2.00. The van der Waals surface area contributed by atoms with Crippen molar-refractivity contribution in [2.24, 2.45) is 0 Å². The summed E-state index contributed by atoms with van der Waals surface area (Å²) in [4.78, 5) is 4.57. The summed E-state index contributed by atoms with van der Waals surface area (Å²) in [6, 6.07) is 7.95. The van der Waals surface area contributed by atoms with Gasteiger partial charge in [-0.15, -0.1) is 0 Å². The predicted molar refractivity (Wildman–Crippen MR) is 78.8 cm³/mol. The van der Waals surface area contributed by atoms with Gasteiger partial charge in [-0.1, -0.05) is 41.7 Å². The van der Waals surface area contributed by atoms with Gasteiger partial charge in [-0.05, 0) is 32.0 Å². The third kappa shape index (κ3) is 2.72. The van der Waals surface area contributed by atoms with E-state index >= 15 is 0 Å². The van der Waals surface area contributed by atoms with Crippen LogP contribution in [0.2, 0.25) is 5.02 Å². The number of rotatable bonds is 3. The molecule has 1 aliphatic carbocycles. The first-order valence-corrected chi connectivity index (χ1v) is 7.42. The molecular weight excluding hydrogens is 274 g/mol. The van der Waals surface area contributed by atoms with Gasteiger partial charge in [-0.3, -0.25) is 0 Å². The van der Waals surface area contributed by atoms with Crippen molar-refractivity contribution in [3.05, 3.63) is 35.2 Å². The van der Waals surface area contributed by atoms with Gasteiger partial charge in [0.25, 0.3) is 0 Å². The maximum atomic E-state index is 6.00. The highest BCUT2D eigenvalue weighted by molar-refractivity contribution is 6.30. The lowest BCUT2D eigenvalue weighted by Gasteiger charge is -2.28. The first-order valence-electron chi connectivity index (χ1n) is 7.05. The normalized spacial score (nSPS) is 22.9. The average molecular weight is 292 g/mol. The smallest absolute Gasteiger partial charge is 0.231 e. The number of aromatic nitrogens is 2. The second-order valence-corrected chi connectivity index (χ2v) is 5.69. The summed E-state index contributed by atoms with van der Waals surface area (Å²) in [6.45, 7) is 0. The number of nitrogens with one attached hydrogen (secondary N) is 1. The molecule has 1 N–H and O–H groups in total. The molecule has 2 aromatic rings. The van der Waals surface area contributed by atoms with Crippen molar-refractivity contribution in [2.45, 2.75) is 37.6 Å². The quantitative estimate of drug-likeness (QED) is 0.938. The van der Waals surface area contributed by atoms with E-state index in [1.54, 1.807) is 0 Å². The predicted octanol–water partition coefficient (Wildman–Crippen LogP) is 3.64. The fourth-order valence-corrected chi connectivity index (χ4v) is 3.09. The Labute approximate surface area is 123 Å². The number of hydrogen-bond donors (Lipinski definition) is 1. The monoisotopic (exact) mass is 291 g/mol. The summed E-state index contributed by atoms with van der Waals surface area (Å²) in [5.41, 5.74) is 0.893. The van der Waals surface area contributed by atoms with Gasteiger partial charge in [0.2, 0.25) is 11.7 Å². The number of hydrogen-bond acceptors (Lipinski definition) is 4. The lowest BCUT2D eigenvalue weighted by molar-refractivity contribution is 0.270. The molecule has 1 aromatic heterocycles. The fourth-order valence-electron chi connectivity index (χ4n) is 2.90. The van der Waals surface area contributed by atoms with Crippen molar-refractivity contribution in [3.63, 3.8) is 0 Å². The Kier molecular flexibility index (Phi) is 4.03. The van der Waals surface area contributed by atoms with Gasteiger partial charge in [0.05, 0.1) is 5.92 Å². The SMILES string of the molecule is CNC1CCCCC1c1nc(-c2cccc(Cl)c2)no1. The van der Waals surface area contributed by atoms with E-state index in [0.29, 0.717) is 22.8 Å². The topological polar surface area (TPSA) is 51.0 Å². The molecule has 106 valence electrons. The molecule has 1 heterocycles. The van der Waals surface area contributed by atoms with Crippen LogP contribution in [0.4, 0.5) is 0 Å². The van der Waals surface area contributed by atoms with Crippen molar-refractivity contribution >= 4 is 11.6 Å². The Bertz CT molecular complexity index is 584. The van der Waals surface area contributed by atoms with E-state index in [2.05, 4.69) is 15.5 Å². The second-order valence-electron chi connectivity index (χ2n) is 5.25. The van der Waals surface area contributed by atoms with E-state index in [1.165, 1.54) is 12.8 Å². The van der Waals surface area contributed by atoms with E-state index < -0.39 is 0 Å². The highest BCUT2D eigenvalue weighted by Gasteiger charge is 2.29. The van der Waals surface area contributed by atoms with Crippen LogP contribution < -0.4 is 5.32 Å². The van der Waals surface area contributed by atoms with Crippen LogP contribution in [-0.2, 0) is 0 Å². The maximum Gasteiger partial charge on any atom is 0.231 e. The highest BCUT2D eigenvalue weighted by Crippen LogP contribution is 2.33. The van der Waals surface area contributed by atoms with Crippen molar-refractivity contribution in [2.75, 3.05) is 7.05 Å². The van der Waals surface area contributed by atoms with Crippen LogP contribution >= 0.6 is 11.6 Å². The lowest BCUT2D eigenvalue weighted by Crippen LogP contribution is -2.34. The largest absolute Gasteiger partial charge is 0.339 e. The average Bonchev–Trinajstić information content (AvgIpc) is 2.97. The Hall–Kier alpha value is -1.39.